The lowest BCUT2D eigenvalue weighted by Gasteiger charge is -2.32. The second-order valence-corrected chi connectivity index (χ2v) is 9.28. The summed E-state index contributed by atoms with van der Waals surface area (Å²) in [7, 11) is 0. The maximum atomic E-state index is 12.9. The molecule has 0 heterocycles. The summed E-state index contributed by atoms with van der Waals surface area (Å²) in [6, 6.07) is 16.4. The molecule has 0 bridgehead atoms. The van der Waals surface area contributed by atoms with Crippen molar-refractivity contribution in [1.29, 1.82) is 0 Å². The van der Waals surface area contributed by atoms with Crippen molar-refractivity contribution >= 4 is 18.1 Å². The van der Waals surface area contributed by atoms with Crippen LogP contribution in [0.1, 0.15) is 38.8 Å². The van der Waals surface area contributed by atoms with Crippen molar-refractivity contribution in [2.24, 2.45) is 5.73 Å². The number of amides is 3. The van der Waals surface area contributed by atoms with E-state index in [9.17, 15) is 19.5 Å². The number of aliphatic hydroxyl groups is 1. The molecule has 9 heteroatoms. The van der Waals surface area contributed by atoms with E-state index >= 15 is 0 Å². The first-order valence-electron chi connectivity index (χ1n) is 11.4. The van der Waals surface area contributed by atoms with Crippen LogP contribution in [-0.4, -0.2) is 58.4 Å². The molecule has 35 heavy (non-hydrogen) atoms. The zero-order valence-electron chi connectivity index (χ0n) is 20.6. The van der Waals surface area contributed by atoms with Gasteiger partial charge in [0.2, 0.25) is 5.91 Å². The molecule has 2 aromatic carbocycles. The molecule has 0 saturated carbocycles. The molecule has 0 aliphatic carbocycles. The van der Waals surface area contributed by atoms with E-state index in [1.807, 2.05) is 48.5 Å². The van der Waals surface area contributed by atoms with Gasteiger partial charge in [-0.15, -0.1) is 0 Å². The molecule has 0 unspecified atom stereocenters. The van der Waals surface area contributed by atoms with Gasteiger partial charge in [0.25, 0.3) is 0 Å². The van der Waals surface area contributed by atoms with Crippen LogP contribution < -0.4 is 11.1 Å². The smallest absolute Gasteiger partial charge is 0.410 e. The van der Waals surface area contributed by atoms with Crippen LogP contribution >= 0.6 is 0 Å². The third kappa shape index (κ3) is 9.66. The molecule has 0 aliphatic rings. The zero-order valence-corrected chi connectivity index (χ0v) is 20.6. The van der Waals surface area contributed by atoms with Crippen molar-refractivity contribution in [2.75, 3.05) is 6.54 Å². The standard InChI is InChI=1S/C26H35N3O6/c1-18(23(27)31)29(25(33)34-17-20-13-9-6-10-14-20)16-22(30)21(15-19-11-7-5-8-12-19)28-24(32)35-26(2,3)4/h5-14,18,21-22,30H,15-17H2,1-4H3,(H2,27,31)(H,28,32)/t18-,21-,22-/m0/s1. The maximum absolute atomic E-state index is 12.9. The highest BCUT2D eigenvalue weighted by Gasteiger charge is 2.32. The molecule has 190 valence electrons. The van der Waals surface area contributed by atoms with Crippen molar-refractivity contribution in [3.05, 3.63) is 71.8 Å². The number of carbonyl (C=O) groups excluding carboxylic acids is 3. The summed E-state index contributed by atoms with van der Waals surface area (Å²) in [5, 5.41) is 13.8. The molecule has 0 fully saturated rings. The number of alkyl carbamates (subject to hydrolysis) is 1. The number of primary amides is 1. The fraction of sp³-hybridized carbons (Fsp3) is 0.423. The van der Waals surface area contributed by atoms with E-state index in [1.54, 1.807) is 32.9 Å². The molecule has 0 aromatic heterocycles. The molecule has 0 radical (unpaired) electrons. The third-order valence-corrected chi connectivity index (χ3v) is 5.17. The van der Waals surface area contributed by atoms with Crippen molar-refractivity contribution in [3.8, 4) is 0 Å². The Bertz CT molecular complexity index is 962. The summed E-state index contributed by atoms with van der Waals surface area (Å²) in [5.41, 5.74) is 6.33. The van der Waals surface area contributed by atoms with Crippen LogP contribution in [0.3, 0.4) is 0 Å². The summed E-state index contributed by atoms with van der Waals surface area (Å²) in [6.45, 7) is 6.33. The second-order valence-electron chi connectivity index (χ2n) is 9.28. The lowest BCUT2D eigenvalue weighted by molar-refractivity contribution is -0.122. The largest absolute Gasteiger partial charge is 0.445 e. The Morgan fingerprint density at radius 1 is 1.00 bits per heavy atom. The van der Waals surface area contributed by atoms with Crippen LogP contribution in [0.2, 0.25) is 0 Å². The summed E-state index contributed by atoms with van der Waals surface area (Å²) in [5.74, 6) is -0.756. The molecule has 2 rings (SSSR count). The van der Waals surface area contributed by atoms with E-state index in [0.29, 0.717) is 0 Å². The Morgan fingerprint density at radius 3 is 2.06 bits per heavy atom. The molecular formula is C26H35N3O6. The van der Waals surface area contributed by atoms with Gasteiger partial charge >= 0.3 is 12.2 Å². The summed E-state index contributed by atoms with van der Waals surface area (Å²) in [6.07, 6.45) is -2.51. The van der Waals surface area contributed by atoms with Crippen molar-refractivity contribution in [3.63, 3.8) is 0 Å². The number of nitrogens with one attached hydrogen (secondary N) is 1. The van der Waals surface area contributed by atoms with Gasteiger partial charge in [0, 0.05) is 0 Å². The number of rotatable bonds is 10. The molecule has 0 saturated heterocycles. The van der Waals surface area contributed by atoms with Gasteiger partial charge in [-0.3, -0.25) is 9.69 Å². The molecular weight excluding hydrogens is 450 g/mol. The second kappa shape index (κ2) is 12.8. The van der Waals surface area contributed by atoms with Crippen LogP contribution in [0.5, 0.6) is 0 Å². The van der Waals surface area contributed by atoms with E-state index in [-0.39, 0.29) is 19.6 Å². The minimum absolute atomic E-state index is 0.0125. The number of carbonyl (C=O) groups is 3. The number of nitrogens with two attached hydrogens (primary N) is 1. The van der Waals surface area contributed by atoms with E-state index in [0.717, 1.165) is 16.0 Å². The van der Waals surface area contributed by atoms with Crippen molar-refractivity contribution < 1.29 is 29.0 Å². The van der Waals surface area contributed by atoms with Gasteiger partial charge in [0.1, 0.15) is 18.2 Å². The minimum atomic E-state index is -1.26. The Morgan fingerprint density at radius 2 is 1.54 bits per heavy atom. The fourth-order valence-electron chi connectivity index (χ4n) is 3.29. The first-order chi connectivity index (χ1) is 16.5. The van der Waals surface area contributed by atoms with E-state index < -0.39 is 41.9 Å². The molecule has 9 nitrogen and oxygen atoms in total. The van der Waals surface area contributed by atoms with Gasteiger partial charge in [-0.1, -0.05) is 60.7 Å². The molecule has 3 atom stereocenters. The van der Waals surface area contributed by atoms with Gasteiger partial charge in [0.05, 0.1) is 18.7 Å². The zero-order chi connectivity index (χ0) is 26.0. The van der Waals surface area contributed by atoms with Gasteiger partial charge in [-0.05, 0) is 45.2 Å². The van der Waals surface area contributed by atoms with Gasteiger partial charge < -0.3 is 25.6 Å². The predicted molar refractivity (Wildman–Crippen MR) is 131 cm³/mol. The topological polar surface area (TPSA) is 131 Å². The normalized spacial score (nSPS) is 13.7. The monoisotopic (exact) mass is 485 g/mol. The van der Waals surface area contributed by atoms with E-state index in [2.05, 4.69) is 5.32 Å². The number of hydrogen-bond donors (Lipinski definition) is 3. The van der Waals surface area contributed by atoms with Crippen LogP contribution in [0.15, 0.2) is 60.7 Å². The molecule has 4 N–H and O–H groups in total. The SMILES string of the molecule is C[C@@H](C(N)=O)N(C[C@H](O)[C@H](Cc1ccccc1)NC(=O)OC(C)(C)C)C(=O)OCc1ccccc1. The highest BCUT2D eigenvalue weighted by Crippen LogP contribution is 2.14. The maximum Gasteiger partial charge on any atom is 0.410 e. The molecule has 0 spiro atoms. The molecule has 3 amide bonds. The Hall–Kier alpha value is -3.59. The summed E-state index contributed by atoms with van der Waals surface area (Å²) >= 11 is 0. The third-order valence-electron chi connectivity index (χ3n) is 5.17. The minimum Gasteiger partial charge on any atom is -0.445 e. The summed E-state index contributed by atoms with van der Waals surface area (Å²) < 4.78 is 10.7. The first-order valence-corrected chi connectivity index (χ1v) is 11.4. The van der Waals surface area contributed by atoms with E-state index in [4.69, 9.17) is 15.2 Å². The Labute approximate surface area is 206 Å². The predicted octanol–water partition coefficient (Wildman–Crippen LogP) is 3.00. The lowest BCUT2D eigenvalue weighted by atomic mass is 10.0. The van der Waals surface area contributed by atoms with Gasteiger partial charge in [-0.25, -0.2) is 9.59 Å². The Balaban J connectivity index is 2.18. The van der Waals surface area contributed by atoms with Crippen molar-refractivity contribution in [1.82, 2.24) is 10.2 Å². The fourth-order valence-corrected chi connectivity index (χ4v) is 3.29. The Kier molecular flexibility index (Phi) is 10.1. The average Bonchev–Trinajstić information content (AvgIpc) is 2.80. The lowest BCUT2D eigenvalue weighted by Crippen LogP contribution is -2.55. The number of ether oxygens (including phenoxy) is 2. The van der Waals surface area contributed by atoms with Crippen LogP contribution in [0.25, 0.3) is 0 Å². The molecule has 0 aliphatic heterocycles. The number of benzene rings is 2. The van der Waals surface area contributed by atoms with E-state index in [1.165, 1.54) is 6.92 Å². The van der Waals surface area contributed by atoms with Gasteiger partial charge in [0.15, 0.2) is 0 Å². The first kappa shape index (κ1) is 27.7. The van der Waals surface area contributed by atoms with Crippen LogP contribution in [0, 0.1) is 0 Å². The van der Waals surface area contributed by atoms with Gasteiger partial charge in [-0.2, -0.15) is 0 Å². The number of nitrogens with zero attached hydrogens (tertiary/aromatic N) is 1. The molecule has 2 aromatic rings. The highest BCUT2D eigenvalue weighted by molar-refractivity contribution is 5.83. The van der Waals surface area contributed by atoms with Crippen molar-refractivity contribution in [2.45, 2.75) is 64.5 Å². The number of aliphatic hydroxyl groups excluding tert-OH is 1. The highest BCUT2D eigenvalue weighted by atomic mass is 16.6. The summed E-state index contributed by atoms with van der Waals surface area (Å²) in [4.78, 5) is 38.3. The number of hydrogen-bond acceptors (Lipinski definition) is 6. The average molecular weight is 486 g/mol. The van der Waals surface area contributed by atoms with Crippen LogP contribution in [0.4, 0.5) is 9.59 Å². The van der Waals surface area contributed by atoms with Crippen LogP contribution in [-0.2, 0) is 27.3 Å². The quantitative estimate of drug-likeness (QED) is 0.474.